The quantitative estimate of drug-likeness (QED) is 0.881. The van der Waals surface area contributed by atoms with Gasteiger partial charge in [-0.3, -0.25) is 9.59 Å². The van der Waals surface area contributed by atoms with Gasteiger partial charge in [0.15, 0.2) is 0 Å². The van der Waals surface area contributed by atoms with Crippen LogP contribution in [0.4, 0.5) is 5.69 Å². The van der Waals surface area contributed by atoms with Crippen molar-refractivity contribution in [2.45, 2.75) is 0 Å². The van der Waals surface area contributed by atoms with Gasteiger partial charge in [0, 0.05) is 18.5 Å². The first-order valence-corrected chi connectivity index (χ1v) is 7.36. The van der Waals surface area contributed by atoms with Crippen molar-refractivity contribution in [3.8, 4) is 0 Å². The molecule has 0 unspecified atom stereocenters. The third kappa shape index (κ3) is 2.30. The van der Waals surface area contributed by atoms with Gasteiger partial charge < -0.3 is 10.2 Å². The molecule has 0 atom stereocenters. The maximum atomic E-state index is 12.6. The van der Waals surface area contributed by atoms with Gasteiger partial charge >= 0.3 is 0 Å². The van der Waals surface area contributed by atoms with E-state index in [0.717, 1.165) is 0 Å². The van der Waals surface area contributed by atoms with Crippen LogP contribution in [0.3, 0.4) is 0 Å². The van der Waals surface area contributed by atoms with Crippen molar-refractivity contribution in [2.75, 3.05) is 18.0 Å². The van der Waals surface area contributed by atoms with Crippen LogP contribution in [0.1, 0.15) is 20.7 Å². The molecule has 102 valence electrons. The molecule has 0 aliphatic carbocycles. The largest absolute Gasteiger partial charge is 0.350 e. The molecule has 0 bridgehead atoms. The Morgan fingerprint density at radius 2 is 2.15 bits per heavy atom. The number of nitrogens with one attached hydrogen (secondary N) is 1. The van der Waals surface area contributed by atoms with Gasteiger partial charge in [-0.1, -0.05) is 23.7 Å². The Labute approximate surface area is 125 Å². The van der Waals surface area contributed by atoms with Gasteiger partial charge in [0.1, 0.15) is 0 Å². The summed E-state index contributed by atoms with van der Waals surface area (Å²) in [5.74, 6) is -0.295. The summed E-state index contributed by atoms with van der Waals surface area (Å²) >= 11 is 7.20. The van der Waals surface area contributed by atoms with Crippen molar-refractivity contribution < 1.29 is 9.59 Å². The summed E-state index contributed by atoms with van der Waals surface area (Å²) in [7, 11) is 0. The van der Waals surface area contributed by atoms with Gasteiger partial charge in [0.25, 0.3) is 11.8 Å². The predicted octanol–water partition coefficient (Wildman–Crippen LogP) is 2.79. The molecular weight excluding hydrogens is 296 g/mol. The molecule has 6 heteroatoms. The lowest BCUT2D eigenvalue weighted by atomic mass is 10.1. The summed E-state index contributed by atoms with van der Waals surface area (Å²) in [6.07, 6.45) is 0. The molecule has 2 amide bonds. The topological polar surface area (TPSA) is 49.4 Å². The van der Waals surface area contributed by atoms with Crippen molar-refractivity contribution in [3.05, 3.63) is 51.2 Å². The zero-order chi connectivity index (χ0) is 14.1. The Hall–Kier alpha value is -1.85. The lowest BCUT2D eigenvalue weighted by molar-refractivity contribution is 0.0953. The SMILES string of the molecule is O=C1NCCN(C(=O)c2csc(Cl)c2)c2ccccc21. The van der Waals surface area contributed by atoms with Crippen LogP contribution < -0.4 is 10.2 Å². The van der Waals surface area contributed by atoms with Crippen LogP contribution in [-0.4, -0.2) is 24.9 Å². The van der Waals surface area contributed by atoms with Gasteiger partial charge in [0.2, 0.25) is 0 Å². The molecule has 3 rings (SSSR count). The molecule has 1 N–H and O–H groups in total. The maximum absolute atomic E-state index is 12.6. The molecule has 0 radical (unpaired) electrons. The van der Waals surface area contributed by atoms with E-state index in [1.807, 2.05) is 6.07 Å². The first-order chi connectivity index (χ1) is 9.66. The highest BCUT2D eigenvalue weighted by Gasteiger charge is 2.25. The van der Waals surface area contributed by atoms with E-state index >= 15 is 0 Å². The van der Waals surface area contributed by atoms with Crippen LogP contribution in [0.25, 0.3) is 0 Å². The van der Waals surface area contributed by atoms with Crippen LogP contribution in [0.5, 0.6) is 0 Å². The average Bonchev–Trinajstić information content (AvgIpc) is 2.82. The normalized spacial score (nSPS) is 14.4. The van der Waals surface area contributed by atoms with Crippen molar-refractivity contribution in [3.63, 3.8) is 0 Å². The number of nitrogens with zero attached hydrogens (tertiary/aromatic N) is 1. The van der Waals surface area contributed by atoms with E-state index in [4.69, 9.17) is 11.6 Å². The number of rotatable bonds is 1. The number of hydrogen-bond acceptors (Lipinski definition) is 3. The smallest absolute Gasteiger partial charge is 0.259 e. The molecule has 0 saturated heterocycles. The zero-order valence-corrected chi connectivity index (χ0v) is 12.0. The fraction of sp³-hybridized carbons (Fsp3) is 0.143. The monoisotopic (exact) mass is 306 g/mol. The second kappa shape index (κ2) is 5.26. The molecule has 0 spiro atoms. The van der Waals surface area contributed by atoms with E-state index in [0.29, 0.717) is 34.2 Å². The van der Waals surface area contributed by atoms with Crippen LogP contribution in [0.15, 0.2) is 35.7 Å². The summed E-state index contributed by atoms with van der Waals surface area (Å²) in [5, 5.41) is 4.52. The molecule has 2 heterocycles. The standard InChI is InChI=1S/C14H11ClN2O2S/c15-12-7-9(8-20-12)14(19)17-6-5-16-13(18)10-3-1-2-4-11(10)17/h1-4,7-8H,5-6H2,(H,16,18). The maximum Gasteiger partial charge on any atom is 0.259 e. The van der Waals surface area contributed by atoms with E-state index in [1.165, 1.54) is 11.3 Å². The lowest BCUT2D eigenvalue weighted by Crippen LogP contribution is -2.34. The van der Waals surface area contributed by atoms with E-state index in [1.54, 1.807) is 34.5 Å². The predicted molar refractivity (Wildman–Crippen MR) is 79.8 cm³/mol. The fourth-order valence-electron chi connectivity index (χ4n) is 2.19. The number of benzene rings is 1. The number of hydrogen-bond donors (Lipinski definition) is 1. The molecule has 0 saturated carbocycles. The summed E-state index contributed by atoms with van der Waals surface area (Å²) in [5.41, 5.74) is 1.69. The minimum Gasteiger partial charge on any atom is -0.350 e. The van der Waals surface area contributed by atoms with Crippen LogP contribution in [0.2, 0.25) is 4.34 Å². The number of carbonyl (C=O) groups is 2. The first-order valence-electron chi connectivity index (χ1n) is 6.10. The number of para-hydroxylation sites is 1. The Bertz CT molecular complexity index is 683. The Kier molecular flexibility index (Phi) is 3.46. The Morgan fingerprint density at radius 3 is 2.90 bits per heavy atom. The second-order valence-corrected chi connectivity index (χ2v) is 5.91. The van der Waals surface area contributed by atoms with Gasteiger partial charge in [-0.05, 0) is 18.2 Å². The first kappa shape index (κ1) is 13.1. The van der Waals surface area contributed by atoms with Crippen molar-refractivity contribution in [1.82, 2.24) is 5.32 Å². The summed E-state index contributed by atoms with van der Waals surface area (Å²) in [6, 6.07) is 8.76. The average molecular weight is 307 g/mol. The number of amides is 2. The molecule has 1 aliphatic rings. The van der Waals surface area contributed by atoms with Crippen LogP contribution >= 0.6 is 22.9 Å². The third-order valence-corrected chi connectivity index (χ3v) is 4.21. The van der Waals surface area contributed by atoms with Gasteiger partial charge in [0.05, 0.1) is 21.2 Å². The van der Waals surface area contributed by atoms with Crippen molar-refractivity contribution >= 4 is 40.4 Å². The number of anilines is 1. The molecule has 1 aromatic heterocycles. The number of halogens is 1. The van der Waals surface area contributed by atoms with Gasteiger partial charge in [-0.25, -0.2) is 0 Å². The molecule has 4 nitrogen and oxygen atoms in total. The molecule has 1 aliphatic heterocycles. The van der Waals surface area contributed by atoms with E-state index in [2.05, 4.69) is 5.32 Å². The number of thiophene rings is 1. The summed E-state index contributed by atoms with van der Waals surface area (Å²) < 4.78 is 0.575. The number of carbonyl (C=O) groups excluding carboxylic acids is 2. The third-order valence-electron chi connectivity index (χ3n) is 3.12. The highest BCUT2D eigenvalue weighted by molar-refractivity contribution is 7.14. The summed E-state index contributed by atoms with van der Waals surface area (Å²) in [6.45, 7) is 0.867. The lowest BCUT2D eigenvalue weighted by Gasteiger charge is -2.21. The highest BCUT2D eigenvalue weighted by Crippen LogP contribution is 2.26. The van der Waals surface area contributed by atoms with Crippen LogP contribution in [-0.2, 0) is 0 Å². The molecular formula is C14H11ClN2O2S. The van der Waals surface area contributed by atoms with Crippen molar-refractivity contribution in [2.24, 2.45) is 0 Å². The molecule has 1 aromatic carbocycles. The number of fused-ring (bicyclic) bond motifs is 1. The van der Waals surface area contributed by atoms with Crippen molar-refractivity contribution in [1.29, 1.82) is 0 Å². The minimum atomic E-state index is -0.153. The van der Waals surface area contributed by atoms with Gasteiger partial charge in [-0.15, -0.1) is 11.3 Å². The molecule has 20 heavy (non-hydrogen) atoms. The van der Waals surface area contributed by atoms with Crippen LogP contribution in [0, 0.1) is 0 Å². The zero-order valence-electron chi connectivity index (χ0n) is 10.4. The van der Waals surface area contributed by atoms with Gasteiger partial charge in [-0.2, -0.15) is 0 Å². The van der Waals surface area contributed by atoms with E-state index < -0.39 is 0 Å². The minimum absolute atomic E-state index is 0.142. The molecule has 2 aromatic rings. The Balaban J connectivity index is 2.03. The fourth-order valence-corrected chi connectivity index (χ4v) is 3.04. The van der Waals surface area contributed by atoms with E-state index in [9.17, 15) is 9.59 Å². The Morgan fingerprint density at radius 1 is 1.35 bits per heavy atom. The van der Waals surface area contributed by atoms with E-state index in [-0.39, 0.29) is 11.8 Å². The highest BCUT2D eigenvalue weighted by atomic mass is 35.5. The molecule has 0 fully saturated rings. The second-order valence-electron chi connectivity index (χ2n) is 4.37. The summed E-state index contributed by atoms with van der Waals surface area (Å²) in [4.78, 5) is 26.1.